The second-order valence-corrected chi connectivity index (χ2v) is 4.37. The molecule has 1 aliphatic rings. The maximum Gasteiger partial charge on any atom is 0.239 e. The Labute approximate surface area is 120 Å². The molecule has 1 saturated heterocycles. The first-order chi connectivity index (χ1) is 7.66. The van der Waals surface area contributed by atoms with Crippen molar-refractivity contribution >= 4 is 30.7 Å². The summed E-state index contributed by atoms with van der Waals surface area (Å²) in [6, 6.07) is 0.0154. The molecule has 18 heavy (non-hydrogen) atoms. The molecule has 1 N–H and O–H groups in total. The van der Waals surface area contributed by atoms with Crippen LogP contribution in [0.1, 0.15) is 18.4 Å². The summed E-state index contributed by atoms with van der Waals surface area (Å²) in [7, 11) is 3.72. The number of carbonyl (C=O) groups excluding carboxylic acids is 1. The smallest absolute Gasteiger partial charge is 0.239 e. The minimum atomic E-state index is 0. The number of hydrogen-bond acceptors (Lipinski definition) is 3. The van der Waals surface area contributed by atoms with Crippen molar-refractivity contribution in [3.8, 4) is 0 Å². The molecule has 5 nitrogen and oxygen atoms in total. The zero-order valence-electron chi connectivity index (χ0n) is 10.6. The minimum absolute atomic E-state index is 0. The first kappa shape index (κ1) is 17.2. The molecule has 104 valence electrons. The van der Waals surface area contributed by atoms with Gasteiger partial charge >= 0.3 is 0 Å². The SMILES string of the molecule is CN(Cc1cnn(C)c1)C(=O)[C@@H]1CCCN1.Cl.Cl. The number of hydrogen-bond donors (Lipinski definition) is 1. The molecule has 2 heterocycles. The van der Waals surface area contributed by atoms with E-state index in [1.807, 2.05) is 20.3 Å². The van der Waals surface area contributed by atoms with Crippen molar-refractivity contribution in [1.82, 2.24) is 20.0 Å². The largest absolute Gasteiger partial charge is 0.340 e. The first-order valence-electron chi connectivity index (χ1n) is 5.62. The summed E-state index contributed by atoms with van der Waals surface area (Å²) >= 11 is 0. The summed E-state index contributed by atoms with van der Waals surface area (Å²) in [6.45, 7) is 1.59. The number of amides is 1. The molecule has 7 heteroatoms. The quantitative estimate of drug-likeness (QED) is 0.904. The molecule has 0 spiro atoms. The Morgan fingerprint density at radius 1 is 1.61 bits per heavy atom. The summed E-state index contributed by atoms with van der Waals surface area (Å²) in [4.78, 5) is 13.8. The zero-order chi connectivity index (χ0) is 11.5. The van der Waals surface area contributed by atoms with Crippen LogP contribution in [0.15, 0.2) is 12.4 Å². The molecular weight excluding hydrogens is 275 g/mol. The molecular formula is C11H20Cl2N4O. The lowest BCUT2D eigenvalue weighted by molar-refractivity contribution is -0.132. The summed E-state index contributed by atoms with van der Waals surface area (Å²) in [6.07, 6.45) is 5.78. The number of nitrogens with zero attached hydrogens (tertiary/aromatic N) is 3. The third kappa shape index (κ3) is 4.15. The molecule has 0 unspecified atom stereocenters. The van der Waals surface area contributed by atoms with Gasteiger partial charge in [0.1, 0.15) is 0 Å². The Hall–Kier alpha value is -0.780. The van der Waals surface area contributed by atoms with Crippen molar-refractivity contribution in [2.45, 2.75) is 25.4 Å². The average Bonchev–Trinajstić information content (AvgIpc) is 2.88. The highest BCUT2D eigenvalue weighted by Gasteiger charge is 2.24. The topological polar surface area (TPSA) is 50.2 Å². The number of aromatic nitrogens is 2. The van der Waals surface area contributed by atoms with Crippen LogP contribution < -0.4 is 5.32 Å². The minimum Gasteiger partial charge on any atom is -0.340 e. The van der Waals surface area contributed by atoms with E-state index < -0.39 is 0 Å². The Balaban J connectivity index is 0.00000144. The van der Waals surface area contributed by atoms with Crippen molar-refractivity contribution in [3.05, 3.63) is 18.0 Å². The third-order valence-electron chi connectivity index (χ3n) is 2.91. The van der Waals surface area contributed by atoms with E-state index in [4.69, 9.17) is 0 Å². The number of aryl methyl sites for hydroxylation is 1. The second-order valence-electron chi connectivity index (χ2n) is 4.37. The van der Waals surface area contributed by atoms with Gasteiger partial charge in [-0.2, -0.15) is 5.10 Å². The van der Waals surface area contributed by atoms with Crippen LogP contribution >= 0.6 is 24.8 Å². The van der Waals surface area contributed by atoms with E-state index in [1.54, 1.807) is 15.8 Å². The van der Waals surface area contributed by atoms with Crippen molar-refractivity contribution in [1.29, 1.82) is 0 Å². The summed E-state index contributed by atoms with van der Waals surface area (Å²) in [5, 5.41) is 7.31. The van der Waals surface area contributed by atoms with Gasteiger partial charge in [0.2, 0.25) is 5.91 Å². The fourth-order valence-corrected chi connectivity index (χ4v) is 2.07. The number of carbonyl (C=O) groups is 1. The molecule has 0 aliphatic carbocycles. The van der Waals surface area contributed by atoms with E-state index in [0.29, 0.717) is 6.54 Å². The van der Waals surface area contributed by atoms with Crippen molar-refractivity contribution in [2.75, 3.05) is 13.6 Å². The van der Waals surface area contributed by atoms with Gasteiger partial charge in [0, 0.05) is 32.4 Å². The molecule has 0 bridgehead atoms. The van der Waals surface area contributed by atoms with E-state index in [9.17, 15) is 4.79 Å². The molecule has 0 saturated carbocycles. The normalized spacial score (nSPS) is 17.8. The average molecular weight is 295 g/mol. The number of nitrogens with one attached hydrogen (secondary N) is 1. The Kier molecular flexibility index (Phi) is 7.28. The molecule has 0 aromatic carbocycles. The highest BCUT2D eigenvalue weighted by atomic mass is 35.5. The Morgan fingerprint density at radius 2 is 2.33 bits per heavy atom. The molecule has 1 amide bonds. The van der Waals surface area contributed by atoms with Crippen molar-refractivity contribution in [2.24, 2.45) is 7.05 Å². The third-order valence-corrected chi connectivity index (χ3v) is 2.91. The van der Waals surface area contributed by atoms with Crippen LogP contribution in [0.4, 0.5) is 0 Å². The lowest BCUT2D eigenvalue weighted by Gasteiger charge is -2.20. The summed E-state index contributed by atoms with van der Waals surface area (Å²) in [5.41, 5.74) is 1.07. The van der Waals surface area contributed by atoms with Crippen LogP contribution in [-0.2, 0) is 18.4 Å². The fourth-order valence-electron chi connectivity index (χ4n) is 2.07. The number of halogens is 2. The van der Waals surface area contributed by atoms with Gasteiger partial charge in [0.15, 0.2) is 0 Å². The van der Waals surface area contributed by atoms with Gasteiger partial charge in [-0.1, -0.05) is 0 Å². The monoisotopic (exact) mass is 294 g/mol. The van der Waals surface area contributed by atoms with Crippen molar-refractivity contribution < 1.29 is 4.79 Å². The Morgan fingerprint density at radius 3 is 2.83 bits per heavy atom. The maximum atomic E-state index is 12.0. The first-order valence-corrected chi connectivity index (χ1v) is 5.62. The van der Waals surface area contributed by atoms with Crippen LogP contribution in [-0.4, -0.2) is 40.2 Å². The van der Waals surface area contributed by atoms with E-state index in [-0.39, 0.29) is 36.8 Å². The fraction of sp³-hybridized carbons (Fsp3) is 0.636. The van der Waals surface area contributed by atoms with Crippen LogP contribution in [0.25, 0.3) is 0 Å². The van der Waals surface area contributed by atoms with E-state index >= 15 is 0 Å². The van der Waals surface area contributed by atoms with Gasteiger partial charge in [0.25, 0.3) is 0 Å². The molecule has 1 fully saturated rings. The molecule has 0 radical (unpaired) electrons. The number of likely N-dealkylation sites (N-methyl/N-ethyl adjacent to an activating group) is 1. The van der Waals surface area contributed by atoms with Gasteiger partial charge in [-0.3, -0.25) is 9.48 Å². The highest BCUT2D eigenvalue weighted by molar-refractivity contribution is 5.85. The zero-order valence-corrected chi connectivity index (χ0v) is 12.3. The van der Waals surface area contributed by atoms with E-state index in [1.165, 1.54) is 0 Å². The predicted molar refractivity (Wildman–Crippen MR) is 75.2 cm³/mol. The van der Waals surface area contributed by atoms with Crippen LogP contribution in [0.2, 0.25) is 0 Å². The second kappa shape index (κ2) is 7.61. The molecule has 1 aliphatic heterocycles. The number of rotatable bonds is 3. The molecule has 1 aromatic rings. The van der Waals surface area contributed by atoms with Gasteiger partial charge in [-0.05, 0) is 19.4 Å². The van der Waals surface area contributed by atoms with Gasteiger partial charge in [-0.15, -0.1) is 24.8 Å². The van der Waals surface area contributed by atoms with E-state index in [2.05, 4.69) is 10.4 Å². The molecule has 2 rings (SSSR count). The molecule has 1 aromatic heterocycles. The molecule has 1 atom stereocenters. The highest BCUT2D eigenvalue weighted by Crippen LogP contribution is 2.10. The lowest BCUT2D eigenvalue weighted by atomic mass is 10.2. The van der Waals surface area contributed by atoms with Gasteiger partial charge in [0.05, 0.1) is 12.2 Å². The summed E-state index contributed by atoms with van der Waals surface area (Å²) < 4.78 is 1.75. The van der Waals surface area contributed by atoms with Crippen molar-refractivity contribution in [3.63, 3.8) is 0 Å². The standard InChI is InChI=1S/C11H18N4O.2ClH/c1-14(7-9-6-13-15(2)8-9)11(16)10-4-3-5-12-10;;/h6,8,10,12H,3-5,7H2,1-2H3;2*1H/t10-;;/m0../s1. The Bertz CT molecular complexity index is 377. The lowest BCUT2D eigenvalue weighted by Crippen LogP contribution is -2.41. The predicted octanol–water partition coefficient (Wildman–Crippen LogP) is 0.974. The maximum absolute atomic E-state index is 12.0. The van der Waals surface area contributed by atoms with Crippen LogP contribution in [0, 0.1) is 0 Å². The van der Waals surface area contributed by atoms with Gasteiger partial charge in [-0.25, -0.2) is 0 Å². The van der Waals surface area contributed by atoms with E-state index in [0.717, 1.165) is 24.9 Å². The van der Waals surface area contributed by atoms with Crippen LogP contribution in [0.3, 0.4) is 0 Å². The van der Waals surface area contributed by atoms with Gasteiger partial charge < -0.3 is 10.2 Å². The summed E-state index contributed by atoms with van der Waals surface area (Å²) in [5.74, 6) is 0.182. The van der Waals surface area contributed by atoms with Crippen LogP contribution in [0.5, 0.6) is 0 Å².